The minimum Gasteiger partial charge on any atom is -0.462 e. The number of ether oxygens (including phenoxy) is 1. The Kier molecular flexibility index (Phi) is 5.66. The van der Waals surface area contributed by atoms with E-state index in [0.717, 1.165) is 23.4 Å². The Hall–Kier alpha value is -3.29. The molecule has 1 heterocycles. The second-order valence-corrected chi connectivity index (χ2v) is 5.74. The number of carbonyl (C=O) groups excluding carboxylic acids is 2. The Morgan fingerprint density at radius 3 is 2.38 bits per heavy atom. The van der Waals surface area contributed by atoms with Gasteiger partial charge < -0.3 is 10.1 Å². The number of pyridine rings is 1. The highest BCUT2D eigenvalue weighted by Gasteiger charge is 2.19. The molecule has 0 bridgehead atoms. The number of anilines is 1. The van der Waals surface area contributed by atoms with Crippen molar-refractivity contribution >= 4 is 23.3 Å². The number of nitrogens with zero attached hydrogens (tertiary/aromatic N) is 2. The van der Waals surface area contributed by atoms with Gasteiger partial charge in [-0.25, -0.2) is 4.79 Å². The maximum atomic E-state index is 12.6. The Balaban J connectivity index is 2.42. The molecule has 1 aromatic carbocycles. The van der Waals surface area contributed by atoms with Crippen LogP contribution in [0.3, 0.4) is 0 Å². The SMILES string of the molecule is CCOC(=O)c1cc(C(=O)Nc2c(C)cc(C)nc2C)cc([N+](=O)[O-])c1. The van der Waals surface area contributed by atoms with Gasteiger partial charge in [0.05, 0.1) is 28.5 Å². The molecule has 0 spiro atoms. The van der Waals surface area contributed by atoms with Crippen molar-refractivity contribution < 1.29 is 19.2 Å². The predicted molar refractivity (Wildman–Crippen MR) is 95.5 cm³/mol. The van der Waals surface area contributed by atoms with Crippen molar-refractivity contribution in [1.29, 1.82) is 0 Å². The number of non-ortho nitro benzene ring substituents is 1. The van der Waals surface area contributed by atoms with Crippen LogP contribution in [0.25, 0.3) is 0 Å². The van der Waals surface area contributed by atoms with Gasteiger partial charge in [0.1, 0.15) is 0 Å². The molecule has 136 valence electrons. The second kappa shape index (κ2) is 7.73. The molecule has 0 radical (unpaired) electrons. The van der Waals surface area contributed by atoms with Gasteiger partial charge in [-0.2, -0.15) is 0 Å². The first kappa shape index (κ1) is 19.0. The molecule has 1 aromatic heterocycles. The van der Waals surface area contributed by atoms with E-state index < -0.39 is 16.8 Å². The summed E-state index contributed by atoms with van der Waals surface area (Å²) in [6, 6.07) is 5.29. The molecule has 2 rings (SSSR count). The quantitative estimate of drug-likeness (QED) is 0.499. The molecule has 0 fully saturated rings. The van der Waals surface area contributed by atoms with Crippen molar-refractivity contribution in [2.75, 3.05) is 11.9 Å². The summed E-state index contributed by atoms with van der Waals surface area (Å²) in [4.78, 5) is 39.3. The molecule has 0 atom stereocenters. The highest BCUT2D eigenvalue weighted by molar-refractivity contribution is 6.06. The maximum Gasteiger partial charge on any atom is 0.338 e. The maximum absolute atomic E-state index is 12.6. The van der Waals surface area contributed by atoms with Crippen LogP contribution in [0.4, 0.5) is 11.4 Å². The number of hydrogen-bond donors (Lipinski definition) is 1. The summed E-state index contributed by atoms with van der Waals surface area (Å²) in [6.45, 7) is 7.18. The third-order valence-electron chi connectivity index (χ3n) is 3.67. The smallest absolute Gasteiger partial charge is 0.338 e. The number of amides is 1. The molecule has 0 unspecified atom stereocenters. The second-order valence-electron chi connectivity index (χ2n) is 5.74. The third-order valence-corrected chi connectivity index (χ3v) is 3.67. The summed E-state index contributed by atoms with van der Waals surface area (Å²) in [5.41, 5.74) is 2.37. The monoisotopic (exact) mass is 357 g/mol. The molecular formula is C18H19N3O5. The van der Waals surface area contributed by atoms with Crippen LogP contribution in [0, 0.1) is 30.9 Å². The summed E-state index contributed by atoms with van der Waals surface area (Å²) in [7, 11) is 0. The fourth-order valence-corrected chi connectivity index (χ4v) is 2.58. The lowest BCUT2D eigenvalue weighted by Gasteiger charge is -2.12. The molecule has 0 saturated heterocycles. The highest BCUT2D eigenvalue weighted by atomic mass is 16.6. The lowest BCUT2D eigenvalue weighted by atomic mass is 10.1. The average Bonchev–Trinajstić information content (AvgIpc) is 2.57. The zero-order valence-electron chi connectivity index (χ0n) is 15.0. The topological polar surface area (TPSA) is 111 Å². The molecule has 0 aliphatic carbocycles. The third kappa shape index (κ3) is 4.21. The van der Waals surface area contributed by atoms with Crippen LogP contribution in [0.1, 0.15) is 44.6 Å². The van der Waals surface area contributed by atoms with E-state index in [9.17, 15) is 19.7 Å². The number of nitro benzene ring substituents is 1. The van der Waals surface area contributed by atoms with Crippen molar-refractivity contribution in [3.8, 4) is 0 Å². The van der Waals surface area contributed by atoms with Crippen LogP contribution >= 0.6 is 0 Å². The average molecular weight is 357 g/mol. The first-order chi connectivity index (χ1) is 12.2. The normalized spacial score (nSPS) is 10.3. The molecule has 0 saturated carbocycles. The lowest BCUT2D eigenvalue weighted by Crippen LogP contribution is -2.16. The van der Waals surface area contributed by atoms with E-state index >= 15 is 0 Å². The highest BCUT2D eigenvalue weighted by Crippen LogP contribution is 2.22. The van der Waals surface area contributed by atoms with E-state index in [1.807, 2.05) is 19.9 Å². The van der Waals surface area contributed by atoms with E-state index in [4.69, 9.17) is 4.74 Å². The molecule has 0 aliphatic heterocycles. The number of rotatable bonds is 5. The van der Waals surface area contributed by atoms with Crippen molar-refractivity contribution in [2.24, 2.45) is 0 Å². The van der Waals surface area contributed by atoms with Crippen LogP contribution in [-0.4, -0.2) is 28.4 Å². The number of benzene rings is 1. The number of aromatic nitrogens is 1. The number of carbonyl (C=O) groups is 2. The molecule has 2 aromatic rings. The van der Waals surface area contributed by atoms with Crippen LogP contribution in [0.2, 0.25) is 0 Å². The molecule has 1 N–H and O–H groups in total. The summed E-state index contributed by atoms with van der Waals surface area (Å²) in [5.74, 6) is -1.30. The van der Waals surface area contributed by atoms with E-state index in [1.54, 1.807) is 13.8 Å². The Morgan fingerprint density at radius 2 is 1.81 bits per heavy atom. The standard InChI is InChI=1S/C18H19N3O5/c1-5-26-18(23)14-7-13(8-15(9-14)21(24)25)17(22)20-16-10(2)6-11(3)19-12(16)4/h6-9H,5H2,1-4H3,(H,20,22). The van der Waals surface area contributed by atoms with Gasteiger partial charge >= 0.3 is 5.97 Å². The van der Waals surface area contributed by atoms with E-state index in [0.29, 0.717) is 11.4 Å². The van der Waals surface area contributed by atoms with Crippen molar-refractivity contribution in [2.45, 2.75) is 27.7 Å². The van der Waals surface area contributed by atoms with Gasteiger partial charge in [-0.1, -0.05) is 0 Å². The molecule has 1 amide bonds. The van der Waals surface area contributed by atoms with Gasteiger partial charge in [-0.3, -0.25) is 19.9 Å². The zero-order chi connectivity index (χ0) is 19.4. The first-order valence-electron chi connectivity index (χ1n) is 7.95. The van der Waals surface area contributed by atoms with E-state index in [1.165, 1.54) is 6.07 Å². The summed E-state index contributed by atoms with van der Waals surface area (Å²) in [5, 5.41) is 13.8. The van der Waals surface area contributed by atoms with Crippen LogP contribution < -0.4 is 5.32 Å². The van der Waals surface area contributed by atoms with Gasteiger partial charge in [0, 0.05) is 23.4 Å². The number of esters is 1. The predicted octanol–water partition coefficient (Wildman–Crippen LogP) is 3.34. The number of nitrogens with one attached hydrogen (secondary N) is 1. The van der Waals surface area contributed by atoms with E-state index in [2.05, 4.69) is 10.3 Å². The summed E-state index contributed by atoms with van der Waals surface area (Å²) < 4.78 is 4.86. The molecule has 8 heteroatoms. The number of nitro groups is 1. The molecule has 26 heavy (non-hydrogen) atoms. The van der Waals surface area contributed by atoms with Gasteiger partial charge in [0.25, 0.3) is 11.6 Å². The van der Waals surface area contributed by atoms with Crippen molar-refractivity contribution in [3.63, 3.8) is 0 Å². The van der Waals surface area contributed by atoms with Crippen LogP contribution in [-0.2, 0) is 4.74 Å². The molecule has 0 aliphatic rings. The summed E-state index contributed by atoms with van der Waals surface area (Å²) in [6.07, 6.45) is 0. The Morgan fingerprint density at radius 1 is 1.15 bits per heavy atom. The number of hydrogen-bond acceptors (Lipinski definition) is 6. The Labute approximate surface area is 150 Å². The lowest BCUT2D eigenvalue weighted by molar-refractivity contribution is -0.384. The minimum absolute atomic E-state index is 0.0124. The van der Waals surface area contributed by atoms with Gasteiger partial charge in [-0.05, 0) is 45.4 Å². The zero-order valence-corrected chi connectivity index (χ0v) is 15.0. The largest absolute Gasteiger partial charge is 0.462 e. The van der Waals surface area contributed by atoms with Crippen LogP contribution in [0.15, 0.2) is 24.3 Å². The van der Waals surface area contributed by atoms with Gasteiger partial charge in [-0.15, -0.1) is 0 Å². The first-order valence-corrected chi connectivity index (χ1v) is 7.95. The van der Waals surface area contributed by atoms with E-state index in [-0.39, 0.29) is 23.4 Å². The summed E-state index contributed by atoms with van der Waals surface area (Å²) >= 11 is 0. The number of aryl methyl sites for hydroxylation is 3. The Bertz CT molecular complexity index is 869. The fraction of sp³-hybridized carbons (Fsp3) is 0.278. The van der Waals surface area contributed by atoms with Gasteiger partial charge in [0.2, 0.25) is 0 Å². The van der Waals surface area contributed by atoms with Gasteiger partial charge in [0.15, 0.2) is 0 Å². The van der Waals surface area contributed by atoms with Crippen LogP contribution in [0.5, 0.6) is 0 Å². The molecular weight excluding hydrogens is 338 g/mol. The molecule has 8 nitrogen and oxygen atoms in total. The van der Waals surface area contributed by atoms with Crippen molar-refractivity contribution in [3.05, 3.63) is 62.5 Å². The fourth-order valence-electron chi connectivity index (χ4n) is 2.58. The van der Waals surface area contributed by atoms with Crippen molar-refractivity contribution in [1.82, 2.24) is 4.98 Å². The minimum atomic E-state index is -0.727.